The number of carbonyl (C=O) groups is 1. The van der Waals surface area contributed by atoms with E-state index in [2.05, 4.69) is 12.2 Å². The first kappa shape index (κ1) is 14.5. The van der Waals surface area contributed by atoms with Crippen LogP contribution >= 0.6 is 0 Å². The summed E-state index contributed by atoms with van der Waals surface area (Å²) in [5, 5.41) is 2.73. The molecule has 0 aliphatic rings. The monoisotopic (exact) mass is 250 g/mol. The van der Waals surface area contributed by atoms with Crippen LogP contribution in [0.2, 0.25) is 0 Å². The molecular weight excluding hydrogens is 228 g/mol. The molecule has 1 aromatic rings. The SMILES string of the molecule is C[C@H](CN)CCCNC(=O)OCc1ccccc1. The Bertz CT molecular complexity index is 341. The predicted molar refractivity (Wildman–Crippen MR) is 72.1 cm³/mol. The van der Waals surface area contributed by atoms with Crippen molar-refractivity contribution >= 4 is 6.09 Å². The topological polar surface area (TPSA) is 64.3 Å². The van der Waals surface area contributed by atoms with Crippen LogP contribution in [-0.2, 0) is 11.3 Å². The van der Waals surface area contributed by atoms with Crippen molar-refractivity contribution in [3.63, 3.8) is 0 Å². The number of benzene rings is 1. The number of ether oxygens (including phenoxy) is 1. The maximum Gasteiger partial charge on any atom is 0.407 e. The van der Waals surface area contributed by atoms with E-state index in [1.807, 2.05) is 30.3 Å². The van der Waals surface area contributed by atoms with Crippen molar-refractivity contribution in [2.75, 3.05) is 13.1 Å². The van der Waals surface area contributed by atoms with Crippen LogP contribution in [0, 0.1) is 5.92 Å². The molecule has 0 spiro atoms. The van der Waals surface area contributed by atoms with Gasteiger partial charge in [-0.2, -0.15) is 0 Å². The van der Waals surface area contributed by atoms with E-state index >= 15 is 0 Å². The van der Waals surface area contributed by atoms with Crippen LogP contribution in [0.25, 0.3) is 0 Å². The minimum absolute atomic E-state index is 0.311. The summed E-state index contributed by atoms with van der Waals surface area (Å²) < 4.78 is 5.09. The Balaban J connectivity index is 2.07. The first-order valence-electron chi connectivity index (χ1n) is 6.37. The van der Waals surface area contributed by atoms with E-state index in [0.717, 1.165) is 18.4 Å². The summed E-state index contributed by atoms with van der Waals surface area (Å²) in [7, 11) is 0. The highest BCUT2D eigenvalue weighted by Gasteiger charge is 2.03. The Morgan fingerprint density at radius 1 is 1.39 bits per heavy atom. The Morgan fingerprint density at radius 3 is 2.78 bits per heavy atom. The third kappa shape index (κ3) is 6.25. The van der Waals surface area contributed by atoms with Gasteiger partial charge in [0.15, 0.2) is 0 Å². The maximum absolute atomic E-state index is 11.4. The van der Waals surface area contributed by atoms with Gasteiger partial charge in [-0.25, -0.2) is 4.79 Å². The van der Waals surface area contributed by atoms with Gasteiger partial charge in [0.25, 0.3) is 0 Å². The van der Waals surface area contributed by atoms with Crippen molar-refractivity contribution in [3.05, 3.63) is 35.9 Å². The lowest BCUT2D eigenvalue weighted by Crippen LogP contribution is -2.25. The molecule has 0 bridgehead atoms. The Kier molecular flexibility index (Phi) is 6.87. The molecule has 18 heavy (non-hydrogen) atoms. The van der Waals surface area contributed by atoms with Crippen LogP contribution in [0.1, 0.15) is 25.3 Å². The van der Waals surface area contributed by atoms with E-state index in [9.17, 15) is 4.79 Å². The zero-order valence-electron chi connectivity index (χ0n) is 10.9. The highest BCUT2D eigenvalue weighted by atomic mass is 16.5. The average Bonchev–Trinajstić information content (AvgIpc) is 2.42. The van der Waals surface area contributed by atoms with Gasteiger partial charge < -0.3 is 15.8 Å². The van der Waals surface area contributed by atoms with E-state index in [0.29, 0.717) is 25.6 Å². The fraction of sp³-hybridized carbons (Fsp3) is 0.500. The van der Waals surface area contributed by atoms with E-state index in [4.69, 9.17) is 10.5 Å². The molecule has 0 fully saturated rings. The lowest BCUT2D eigenvalue weighted by atomic mass is 10.1. The van der Waals surface area contributed by atoms with Gasteiger partial charge in [-0.15, -0.1) is 0 Å². The molecular formula is C14H22N2O2. The molecule has 3 N–H and O–H groups in total. The van der Waals surface area contributed by atoms with Crippen LogP contribution in [0.15, 0.2) is 30.3 Å². The largest absolute Gasteiger partial charge is 0.445 e. The smallest absolute Gasteiger partial charge is 0.407 e. The van der Waals surface area contributed by atoms with Crippen molar-refractivity contribution in [1.29, 1.82) is 0 Å². The van der Waals surface area contributed by atoms with Gasteiger partial charge in [-0.1, -0.05) is 37.3 Å². The number of amides is 1. The van der Waals surface area contributed by atoms with Gasteiger partial charge >= 0.3 is 6.09 Å². The number of nitrogens with one attached hydrogen (secondary N) is 1. The molecule has 0 aliphatic carbocycles. The summed E-state index contributed by atoms with van der Waals surface area (Å²) in [6.45, 7) is 3.75. The van der Waals surface area contributed by atoms with Crippen molar-refractivity contribution in [2.24, 2.45) is 11.7 Å². The third-order valence-electron chi connectivity index (χ3n) is 2.76. The second-order valence-electron chi connectivity index (χ2n) is 4.47. The highest BCUT2D eigenvalue weighted by Crippen LogP contribution is 2.02. The molecule has 0 saturated heterocycles. The fourth-order valence-corrected chi connectivity index (χ4v) is 1.53. The minimum Gasteiger partial charge on any atom is -0.445 e. The van der Waals surface area contributed by atoms with Crippen LogP contribution in [0.4, 0.5) is 4.79 Å². The number of alkyl carbamates (subject to hydrolysis) is 1. The summed E-state index contributed by atoms with van der Waals surface area (Å²) in [5.74, 6) is 0.507. The standard InChI is InChI=1S/C14H22N2O2/c1-12(10-15)6-5-9-16-14(17)18-11-13-7-3-2-4-8-13/h2-4,7-8,12H,5-6,9-11,15H2,1H3,(H,16,17)/t12-/m0/s1. The van der Waals surface area contributed by atoms with E-state index in [1.54, 1.807) is 0 Å². The lowest BCUT2D eigenvalue weighted by Gasteiger charge is -2.09. The number of nitrogens with two attached hydrogens (primary N) is 1. The van der Waals surface area contributed by atoms with Crippen LogP contribution in [0.3, 0.4) is 0 Å². The molecule has 4 nitrogen and oxygen atoms in total. The highest BCUT2D eigenvalue weighted by molar-refractivity contribution is 5.67. The molecule has 1 amide bonds. The molecule has 1 aromatic carbocycles. The van der Waals surface area contributed by atoms with E-state index < -0.39 is 0 Å². The third-order valence-corrected chi connectivity index (χ3v) is 2.76. The molecule has 0 aromatic heterocycles. The minimum atomic E-state index is -0.362. The van der Waals surface area contributed by atoms with Crippen molar-refractivity contribution in [2.45, 2.75) is 26.4 Å². The summed E-state index contributed by atoms with van der Waals surface area (Å²) in [6, 6.07) is 9.63. The molecule has 0 unspecified atom stereocenters. The number of carbonyl (C=O) groups excluding carboxylic acids is 1. The number of hydrogen-bond acceptors (Lipinski definition) is 3. The molecule has 4 heteroatoms. The van der Waals surface area contributed by atoms with Gasteiger partial charge in [-0.05, 0) is 30.9 Å². The Hall–Kier alpha value is -1.55. The summed E-state index contributed by atoms with van der Waals surface area (Å²) in [5.41, 5.74) is 6.50. The Labute approximate surface area is 109 Å². The fourth-order valence-electron chi connectivity index (χ4n) is 1.53. The Morgan fingerprint density at radius 2 is 2.11 bits per heavy atom. The number of hydrogen-bond donors (Lipinski definition) is 2. The molecule has 1 rings (SSSR count). The summed E-state index contributed by atoms with van der Waals surface area (Å²) in [4.78, 5) is 11.4. The lowest BCUT2D eigenvalue weighted by molar-refractivity contribution is 0.139. The van der Waals surface area contributed by atoms with Gasteiger partial charge in [0.05, 0.1) is 0 Å². The van der Waals surface area contributed by atoms with Crippen molar-refractivity contribution in [1.82, 2.24) is 5.32 Å². The van der Waals surface area contributed by atoms with Gasteiger partial charge in [0.1, 0.15) is 6.61 Å². The van der Waals surface area contributed by atoms with Gasteiger partial charge in [0, 0.05) is 6.54 Å². The average molecular weight is 250 g/mol. The molecule has 0 aliphatic heterocycles. The quantitative estimate of drug-likeness (QED) is 0.730. The first-order chi connectivity index (χ1) is 8.72. The zero-order valence-corrected chi connectivity index (χ0v) is 10.9. The van der Waals surface area contributed by atoms with Gasteiger partial charge in [0.2, 0.25) is 0 Å². The normalized spacial score (nSPS) is 11.9. The van der Waals surface area contributed by atoms with Gasteiger partial charge in [-0.3, -0.25) is 0 Å². The van der Waals surface area contributed by atoms with Crippen LogP contribution < -0.4 is 11.1 Å². The summed E-state index contributed by atoms with van der Waals surface area (Å²) >= 11 is 0. The van der Waals surface area contributed by atoms with Crippen molar-refractivity contribution < 1.29 is 9.53 Å². The van der Waals surface area contributed by atoms with Crippen LogP contribution in [-0.4, -0.2) is 19.2 Å². The first-order valence-corrected chi connectivity index (χ1v) is 6.37. The predicted octanol–water partition coefficient (Wildman–Crippen LogP) is 2.29. The van der Waals surface area contributed by atoms with E-state index in [-0.39, 0.29) is 6.09 Å². The second-order valence-corrected chi connectivity index (χ2v) is 4.47. The van der Waals surface area contributed by atoms with Crippen molar-refractivity contribution in [3.8, 4) is 0 Å². The van der Waals surface area contributed by atoms with E-state index in [1.165, 1.54) is 0 Å². The molecule has 100 valence electrons. The summed E-state index contributed by atoms with van der Waals surface area (Å²) in [6.07, 6.45) is 1.59. The molecule has 0 heterocycles. The van der Waals surface area contributed by atoms with Crippen LogP contribution in [0.5, 0.6) is 0 Å². The molecule has 1 atom stereocenters. The number of rotatable bonds is 7. The molecule has 0 radical (unpaired) electrons. The zero-order chi connectivity index (χ0) is 13.2. The maximum atomic E-state index is 11.4. The second kappa shape index (κ2) is 8.53. The molecule has 0 saturated carbocycles.